The summed E-state index contributed by atoms with van der Waals surface area (Å²) in [7, 11) is 2.05. The molecular formula is C27H30FN5O. The van der Waals surface area contributed by atoms with E-state index < -0.39 is 12.7 Å². The molecule has 2 N–H and O–H groups in total. The predicted octanol–water partition coefficient (Wildman–Crippen LogP) is 4.21. The zero-order valence-corrected chi connectivity index (χ0v) is 19.7. The average Bonchev–Trinajstić information content (AvgIpc) is 3.51. The van der Waals surface area contributed by atoms with Crippen molar-refractivity contribution >= 4 is 27.8 Å². The summed E-state index contributed by atoms with van der Waals surface area (Å²) in [6, 6.07) is 12.2. The molecule has 4 aromatic rings. The zero-order valence-electron chi connectivity index (χ0n) is 19.7. The molecule has 2 aliphatic rings. The third-order valence-corrected chi connectivity index (χ3v) is 7.35. The fraction of sp³-hybridized carbons (Fsp3) is 0.407. The molecule has 2 aromatic carbocycles. The summed E-state index contributed by atoms with van der Waals surface area (Å²) in [6.45, 7) is 3.30. The molecule has 0 bridgehead atoms. The van der Waals surface area contributed by atoms with Crippen LogP contribution in [0.5, 0.6) is 0 Å². The van der Waals surface area contributed by atoms with Crippen molar-refractivity contribution in [1.82, 2.24) is 19.0 Å². The number of fused-ring (bicyclic) bond motifs is 3. The molecular weight excluding hydrogens is 429 g/mol. The lowest BCUT2D eigenvalue weighted by atomic mass is 9.97. The minimum absolute atomic E-state index is 0.0856. The van der Waals surface area contributed by atoms with Gasteiger partial charge in [-0.3, -0.25) is 4.79 Å². The summed E-state index contributed by atoms with van der Waals surface area (Å²) in [6.07, 6.45) is 3.30. The van der Waals surface area contributed by atoms with Gasteiger partial charge in [-0.25, -0.2) is 9.37 Å². The third kappa shape index (κ3) is 3.50. The van der Waals surface area contributed by atoms with Crippen molar-refractivity contribution in [3.05, 3.63) is 53.1 Å². The van der Waals surface area contributed by atoms with Crippen molar-refractivity contribution < 1.29 is 9.18 Å². The van der Waals surface area contributed by atoms with Crippen LogP contribution in [0, 0.1) is 12.8 Å². The highest BCUT2D eigenvalue weighted by molar-refractivity contribution is 6.00. The Labute approximate surface area is 198 Å². The number of aromatic nitrogens is 3. The number of carbonyl (C=O) groups excluding carboxylic acids is 1. The van der Waals surface area contributed by atoms with Gasteiger partial charge in [0.15, 0.2) is 5.82 Å². The molecule has 34 heavy (non-hydrogen) atoms. The van der Waals surface area contributed by atoms with Crippen LogP contribution < -0.4 is 5.73 Å². The maximum atomic E-state index is 13.1. The number of alkyl halides is 1. The van der Waals surface area contributed by atoms with E-state index in [-0.39, 0.29) is 12.5 Å². The van der Waals surface area contributed by atoms with Crippen LogP contribution in [-0.2, 0) is 20.0 Å². The van der Waals surface area contributed by atoms with Crippen LogP contribution in [0.4, 0.5) is 4.39 Å². The lowest BCUT2D eigenvalue weighted by Crippen LogP contribution is -2.45. The van der Waals surface area contributed by atoms with Crippen molar-refractivity contribution in [2.24, 2.45) is 18.7 Å². The second kappa shape index (κ2) is 7.94. The van der Waals surface area contributed by atoms with E-state index in [0.717, 1.165) is 47.0 Å². The van der Waals surface area contributed by atoms with Crippen LogP contribution in [0.25, 0.3) is 33.5 Å². The number of benzene rings is 2. The highest BCUT2D eigenvalue weighted by Crippen LogP contribution is 2.37. The zero-order chi connectivity index (χ0) is 23.6. The lowest BCUT2D eigenvalue weighted by Gasteiger charge is -2.30. The van der Waals surface area contributed by atoms with Crippen LogP contribution in [-0.4, -0.2) is 50.7 Å². The van der Waals surface area contributed by atoms with Gasteiger partial charge >= 0.3 is 0 Å². The van der Waals surface area contributed by atoms with Gasteiger partial charge in [0.2, 0.25) is 0 Å². The number of hydrogen-bond acceptors (Lipinski definition) is 3. The van der Waals surface area contributed by atoms with Crippen molar-refractivity contribution in [2.45, 2.75) is 38.8 Å². The molecule has 1 amide bonds. The van der Waals surface area contributed by atoms with E-state index in [1.54, 1.807) is 4.90 Å². The van der Waals surface area contributed by atoms with Crippen molar-refractivity contribution in [1.29, 1.82) is 0 Å². The Morgan fingerprint density at radius 3 is 2.76 bits per heavy atom. The van der Waals surface area contributed by atoms with E-state index >= 15 is 0 Å². The number of halogens is 1. The molecule has 0 spiro atoms. The largest absolute Gasteiger partial charge is 0.338 e. The lowest BCUT2D eigenvalue weighted by molar-refractivity contribution is 0.0725. The van der Waals surface area contributed by atoms with Gasteiger partial charge in [0, 0.05) is 43.1 Å². The Bertz CT molecular complexity index is 1430. The second-order valence-corrected chi connectivity index (χ2v) is 10.1. The molecule has 1 fully saturated rings. The molecule has 0 unspecified atom stereocenters. The standard InChI is InChI=1S/C27H30FN5O/c1-16-3-6-19-11-25(33(23(19)9-16)14-17-4-5-17)26-30-22-12-21-18(10-24(22)31(26)2)7-8-32(27(21)34)15-20(29)13-28/h3,6,9-12,17,20H,4-5,7-8,13-15,29H2,1-2H3/t20-/m1/s1. The Hall–Kier alpha value is -3.19. The Morgan fingerprint density at radius 1 is 1.18 bits per heavy atom. The first-order chi connectivity index (χ1) is 16.4. The van der Waals surface area contributed by atoms with Crippen LogP contribution in [0.1, 0.15) is 34.3 Å². The molecule has 1 aliphatic heterocycles. The summed E-state index contributed by atoms with van der Waals surface area (Å²) < 4.78 is 17.5. The van der Waals surface area contributed by atoms with E-state index in [4.69, 9.17) is 10.7 Å². The van der Waals surface area contributed by atoms with Gasteiger partial charge in [-0.15, -0.1) is 0 Å². The maximum Gasteiger partial charge on any atom is 0.254 e. The molecule has 6 rings (SSSR count). The number of amides is 1. The van der Waals surface area contributed by atoms with Crippen molar-refractivity contribution in [3.8, 4) is 11.5 Å². The number of nitrogens with zero attached hydrogens (tertiary/aromatic N) is 4. The summed E-state index contributed by atoms with van der Waals surface area (Å²) in [5.74, 6) is 1.56. The van der Waals surface area contributed by atoms with Crippen molar-refractivity contribution in [2.75, 3.05) is 19.8 Å². The average molecular weight is 460 g/mol. The van der Waals surface area contributed by atoms with Crippen molar-refractivity contribution in [3.63, 3.8) is 0 Å². The number of hydrogen-bond donors (Lipinski definition) is 1. The summed E-state index contributed by atoms with van der Waals surface area (Å²) in [5.41, 5.74) is 12.9. The third-order valence-electron chi connectivity index (χ3n) is 7.35. The topological polar surface area (TPSA) is 69.1 Å². The fourth-order valence-electron chi connectivity index (χ4n) is 5.25. The fourth-order valence-corrected chi connectivity index (χ4v) is 5.25. The number of aryl methyl sites for hydroxylation is 2. The quantitative estimate of drug-likeness (QED) is 0.470. The van der Waals surface area contributed by atoms with E-state index in [1.165, 1.54) is 29.3 Å². The molecule has 1 saturated carbocycles. The van der Waals surface area contributed by atoms with Gasteiger partial charge in [0.1, 0.15) is 6.67 Å². The molecule has 0 radical (unpaired) electrons. The molecule has 0 saturated heterocycles. The van der Waals surface area contributed by atoms with Gasteiger partial charge in [-0.05, 0) is 67.5 Å². The van der Waals surface area contributed by atoms with Crippen LogP contribution in [0.2, 0.25) is 0 Å². The minimum Gasteiger partial charge on any atom is -0.338 e. The molecule has 1 aliphatic carbocycles. The number of nitrogens with two attached hydrogens (primary N) is 1. The Balaban J connectivity index is 1.46. The molecule has 176 valence electrons. The summed E-state index contributed by atoms with van der Waals surface area (Å²) in [4.78, 5) is 19.8. The van der Waals surface area contributed by atoms with Crippen LogP contribution >= 0.6 is 0 Å². The van der Waals surface area contributed by atoms with Gasteiger partial charge in [-0.2, -0.15) is 0 Å². The van der Waals surface area contributed by atoms with Gasteiger partial charge in [-0.1, -0.05) is 12.1 Å². The van der Waals surface area contributed by atoms with Gasteiger partial charge in [0.25, 0.3) is 5.91 Å². The Morgan fingerprint density at radius 2 is 2.00 bits per heavy atom. The SMILES string of the molecule is Cc1ccc2cc(-c3nc4cc5c(cc4n3C)CCN(C[C@H](N)CF)C5=O)n(CC3CC3)c2c1. The molecule has 7 heteroatoms. The first-order valence-corrected chi connectivity index (χ1v) is 12.1. The first-order valence-electron chi connectivity index (χ1n) is 12.1. The second-order valence-electron chi connectivity index (χ2n) is 10.1. The number of carbonyl (C=O) groups is 1. The Kier molecular flexibility index (Phi) is 4.99. The smallest absolute Gasteiger partial charge is 0.254 e. The molecule has 2 aromatic heterocycles. The van der Waals surface area contributed by atoms with E-state index in [0.29, 0.717) is 12.1 Å². The molecule has 1 atom stereocenters. The molecule has 6 nitrogen and oxygen atoms in total. The predicted molar refractivity (Wildman–Crippen MR) is 133 cm³/mol. The minimum atomic E-state index is -0.646. The first kappa shape index (κ1) is 21.4. The highest BCUT2D eigenvalue weighted by Gasteiger charge is 2.28. The van der Waals surface area contributed by atoms with E-state index in [2.05, 4.69) is 53.4 Å². The van der Waals surface area contributed by atoms with Gasteiger partial charge < -0.3 is 19.8 Å². The highest BCUT2D eigenvalue weighted by atomic mass is 19.1. The maximum absolute atomic E-state index is 13.1. The number of rotatable bonds is 6. The monoisotopic (exact) mass is 459 g/mol. The normalized spacial score (nSPS) is 17.1. The number of imidazole rings is 1. The summed E-state index contributed by atoms with van der Waals surface area (Å²) >= 11 is 0. The summed E-state index contributed by atoms with van der Waals surface area (Å²) in [5, 5.41) is 1.22. The van der Waals surface area contributed by atoms with E-state index in [1.807, 2.05) is 6.07 Å². The van der Waals surface area contributed by atoms with Crippen LogP contribution in [0.3, 0.4) is 0 Å². The van der Waals surface area contributed by atoms with Gasteiger partial charge in [0.05, 0.1) is 22.8 Å². The van der Waals surface area contributed by atoms with E-state index in [9.17, 15) is 9.18 Å². The molecule has 3 heterocycles. The van der Waals surface area contributed by atoms with Crippen LogP contribution in [0.15, 0.2) is 36.4 Å².